The van der Waals surface area contributed by atoms with Crippen molar-refractivity contribution in [1.82, 2.24) is 19.7 Å². The number of aliphatic hydroxyl groups excluding tert-OH is 1. The lowest BCUT2D eigenvalue weighted by Gasteiger charge is -2.14. The van der Waals surface area contributed by atoms with E-state index >= 15 is 0 Å². The summed E-state index contributed by atoms with van der Waals surface area (Å²) >= 11 is 1.51. The molecule has 0 radical (unpaired) electrons. The van der Waals surface area contributed by atoms with Crippen molar-refractivity contribution in [3.8, 4) is 0 Å². The van der Waals surface area contributed by atoms with Gasteiger partial charge in [0, 0.05) is 6.42 Å². The van der Waals surface area contributed by atoms with Crippen LogP contribution in [0.3, 0.4) is 0 Å². The standard InChI is InChI=1S/C11H14N4O3S/c1-19-11-9-10(12-5-13-11)15(6-14-9)18-8-3-2-7(4-16)17-8/h5-8,16H,2-4H2,1H3/t7-,8+/m0/s1. The number of aliphatic hydroxyl groups is 1. The highest BCUT2D eigenvalue weighted by molar-refractivity contribution is 7.98. The Morgan fingerprint density at radius 1 is 1.47 bits per heavy atom. The van der Waals surface area contributed by atoms with Crippen LogP contribution in [0.15, 0.2) is 17.7 Å². The van der Waals surface area contributed by atoms with E-state index in [4.69, 9.17) is 14.7 Å². The fourth-order valence-electron chi connectivity index (χ4n) is 2.03. The second-order valence-electron chi connectivity index (χ2n) is 4.18. The van der Waals surface area contributed by atoms with Crippen molar-refractivity contribution in [3.63, 3.8) is 0 Å². The van der Waals surface area contributed by atoms with E-state index in [1.165, 1.54) is 22.8 Å². The molecular weight excluding hydrogens is 268 g/mol. The molecule has 0 bridgehead atoms. The Hall–Kier alpha value is -1.38. The van der Waals surface area contributed by atoms with Gasteiger partial charge in [0.2, 0.25) is 6.29 Å². The maximum atomic E-state index is 9.03. The lowest BCUT2D eigenvalue weighted by atomic mass is 10.2. The van der Waals surface area contributed by atoms with Crippen LogP contribution in [0.25, 0.3) is 11.2 Å². The minimum atomic E-state index is -0.373. The summed E-state index contributed by atoms with van der Waals surface area (Å²) in [6, 6.07) is 0. The maximum Gasteiger partial charge on any atom is 0.225 e. The number of aromatic nitrogens is 4. The van der Waals surface area contributed by atoms with Crippen molar-refractivity contribution in [1.29, 1.82) is 0 Å². The molecule has 0 aromatic carbocycles. The molecule has 2 aromatic heterocycles. The molecule has 3 heterocycles. The molecule has 0 aliphatic carbocycles. The molecule has 102 valence electrons. The van der Waals surface area contributed by atoms with E-state index in [0.29, 0.717) is 11.2 Å². The van der Waals surface area contributed by atoms with Gasteiger partial charge in [0.25, 0.3) is 0 Å². The zero-order valence-corrected chi connectivity index (χ0v) is 11.2. The van der Waals surface area contributed by atoms with Crippen LogP contribution in [0.1, 0.15) is 12.8 Å². The van der Waals surface area contributed by atoms with E-state index in [9.17, 15) is 0 Å². The van der Waals surface area contributed by atoms with E-state index in [2.05, 4.69) is 15.0 Å². The van der Waals surface area contributed by atoms with Crippen molar-refractivity contribution < 1.29 is 14.7 Å². The minimum absolute atomic E-state index is 0.0172. The number of hydrogen-bond acceptors (Lipinski definition) is 7. The van der Waals surface area contributed by atoms with E-state index in [-0.39, 0.29) is 19.0 Å². The fraction of sp³-hybridized carbons (Fsp3) is 0.545. The Morgan fingerprint density at radius 2 is 2.37 bits per heavy atom. The van der Waals surface area contributed by atoms with Crippen molar-refractivity contribution in [2.45, 2.75) is 30.3 Å². The van der Waals surface area contributed by atoms with Gasteiger partial charge in [-0.2, -0.15) is 0 Å². The maximum absolute atomic E-state index is 9.03. The number of rotatable bonds is 4. The van der Waals surface area contributed by atoms with Crippen molar-refractivity contribution in [2.75, 3.05) is 12.9 Å². The van der Waals surface area contributed by atoms with Crippen LogP contribution >= 0.6 is 11.8 Å². The molecule has 1 fully saturated rings. The third-order valence-corrected chi connectivity index (χ3v) is 3.65. The van der Waals surface area contributed by atoms with Crippen LogP contribution < -0.4 is 4.84 Å². The number of ether oxygens (including phenoxy) is 1. The Labute approximate surface area is 113 Å². The van der Waals surface area contributed by atoms with Gasteiger partial charge in [0.05, 0.1) is 12.7 Å². The summed E-state index contributed by atoms with van der Waals surface area (Å²) in [6.45, 7) is 0.0172. The van der Waals surface area contributed by atoms with Gasteiger partial charge in [-0.1, -0.05) is 0 Å². The molecule has 1 N–H and O–H groups in total. The summed E-state index contributed by atoms with van der Waals surface area (Å²) in [6.07, 6.45) is 6.01. The summed E-state index contributed by atoms with van der Waals surface area (Å²) < 4.78 is 7.02. The van der Waals surface area contributed by atoms with Crippen molar-refractivity contribution in [3.05, 3.63) is 12.7 Å². The largest absolute Gasteiger partial charge is 0.394 e. The highest BCUT2D eigenvalue weighted by Gasteiger charge is 2.27. The number of imidazole rings is 1. The van der Waals surface area contributed by atoms with Gasteiger partial charge in [-0.25, -0.2) is 15.0 Å². The molecule has 8 heteroatoms. The molecule has 1 aliphatic rings. The number of hydrogen-bond donors (Lipinski definition) is 1. The molecule has 1 saturated heterocycles. The van der Waals surface area contributed by atoms with Gasteiger partial charge in [-0.15, -0.1) is 16.5 Å². The van der Waals surface area contributed by atoms with Crippen LogP contribution in [0.2, 0.25) is 0 Å². The Bertz CT molecular complexity index is 576. The van der Waals surface area contributed by atoms with Crippen LogP contribution in [0.4, 0.5) is 0 Å². The number of nitrogens with zero attached hydrogens (tertiary/aromatic N) is 4. The molecule has 19 heavy (non-hydrogen) atoms. The predicted molar refractivity (Wildman–Crippen MR) is 68.7 cm³/mol. The SMILES string of the molecule is CSc1ncnc2c1ncn2O[C@@H]1CC[C@@H](CO)O1. The monoisotopic (exact) mass is 282 g/mol. The van der Waals surface area contributed by atoms with Crippen molar-refractivity contribution >= 4 is 22.9 Å². The molecule has 0 amide bonds. The lowest BCUT2D eigenvalue weighted by molar-refractivity contribution is -0.140. The van der Waals surface area contributed by atoms with Crippen molar-refractivity contribution in [2.24, 2.45) is 0 Å². The van der Waals surface area contributed by atoms with E-state index in [1.54, 1.807) is 6.33 Å². The fourth-order valence-corrected chi connectivity index (χ4v) is 2.52. The van der Waals surface area contributed by atoms with Crippen LogP contribution in [-0.4, -0.2) is 50.0 Å². The zero-order valence-electron chi connectivity index (χ0n) is 10.4. The molecule has 2 aromatic rings. The number of fused-ring (bicyclic) bond motifs is 1. The highest BCUT2D eigenvalue weighted by atomic mass is 32.2. The predicted octanol–water partition coefficient (Wildman–Crippen LogP) is 0.474. The Morgan fingerprint density at radius 3 is 3.11 bits per heavy atom. The van der Waals surface area contributed by atoms with Gasteiger partial charge in [0.1, 0.15) is 23.2 Å². The molecule has 0 unspecified atom stereocenters. The second kappa shape index (κ2) is 5.32. The summed E-state index contributed by atoms with van der Waals surface area (Å²) in [5.74, 6) is 0. The molecule has 1 aliphatic heterocycles. The number of thioether (sulfide) groups is 1. The van der Waals surface area contributed by atoms with E-state index < -0.39 is 0 Å². The van der Waals surface area contributed by atoms with E-state index in [1.807, 2.05) is 6.26 Å². The van der Waals surface area contributed by atoms with Gasteiger partial charge in [0.15, 0.2) is 5.65 Å². The highest BCUT2D eigenvalue weighted by Crippen LogP contribution is 2.22. The van der Waals surface area contributed by atoms with Crippen LogP contribution in [0.5, 0.6) is 0 Å². The second-order valence-corrected chi connectivity index (χ2v) is 4.97. The third kappa shape index (κ3) is 2.38. The first kappa shape index (κ1) is 12.6. The summed E-state index contributed by atoms with van der Waals surface area (Å²) in [5.41, 5.74) is 1.34. The molecule has 7 nitrogen and oxygen atoms in total. The van der Waals surface area contributed by atoms with Crippen LogP contribution in [0, 0.1) is 0 Å². The molecule has 3 rings (SSSR count). The third-order valence-electron chi connectivity index (χ3n) is 2.97. The van der Waals surface area contributed by atoms with Crippen LogP contribution in [-0.2, 0) is 4.74 Å². The Balaban J connectivity index is 1.82. The average Bonchev–Trinajstić information content (AvgIpc) is 3.06. The Kier molecular flexibility index (Phi) is 3.54. The average molecular weight is 282 g/mol. The van der Waals surface area contributed by atoms with Gasteiger partial charge < -0.3 is 14.7 Å². The smallest absolute Gasteiger partial charge is 0.225 e. The van der Waals surface area contributed by atoms with Gasteiger partial charge in [-0.05, 0) is 12.7 Å². The molecule has 0 saturated carbocycles. The van der Waals surface area contributed by atoms with Gasteiger partial charge >= 0.3 is 0 Å². The first-order chi connectivity index (χ1) is 9.31. The van der Waals surface area contributed by atoms with Gasteiger partial charge in [-0.3, -0.25) is 0 Å². The molecule has 2 atom stereocenters. The lowest BCUT2D eigenvalue weighted by Crippen LogP contribution is -2.26. The first-order valence-electron chi connectivity index (χ1n) is 5.97. The van der Waals surface area contributed by atoms with E-state index in [0.717, 1.165) is 17.9 Å². The summed E-state index contributed by atoms with van der Waals surface area (Å²) in [5, 5.41) is 9.84. The topological polar surface area (TPSA) is 82.3 Å². The zero-order chi connectivity index (χ0) is 13.2. The molecule has 0 spiro atoms. The summed E-state index contributed by atoms with van der Waals surface area (Å²) in [4.78, 5) is 18.3. The first-order valence-corrected chi connectivity index (χ1v) is 7.19. The quantitative estimate of drug-likeness (QED) is 0.645. The minimum Gasteiger partial charge on any atom is -0.394 e. The normalized spacial score (nSPS) is 23.1. The summed E-state index contributed by atoms with van der Waals surface area (Å²) in [7, 11) is 0. The molecular formula is C11H14N4O3S.